The molecule has 0 saturated heterocycles. The van der Waals surface area contributed by atoms with Crippen molar-refractivity contribution in [2.45, 2.75) is 58.2 Å². The summed E-state index contributed by atoms with van der Waals surface area (Å²) < 4.78 is 38.2. The molecule has 0 aromatic heterocycles. The first-order valence-corrected chi connectivity index (χ1v) is 9.14. The number of halogens is 3. The number of alkyl halides is 3. The summed E-state index contributed by atoms with van der Waals surface area (Å²) in [5.41, 5.74) is 1.93. The van der Waals surface area contributed by atoms with Crippen molar-refractivity contribution >= 4 is 5.91 Å². The van der Waals surface area contributed by atoms with Crippen LogP contribution in [0.4, 0.5) is 13.2 Å². The van der Waals surface area contributed by atoms with Crippen LogP contribution in [0, 0.1) is 0 Å². The van der Waals surface area contributed by atoms with Crippen LogP contribution in [0.25, 0.3) is 0 Å². The minimum Gasteiger partial charge on any atom is -0.352 e. The molecule has 0 unspecified atom stereocenters. The van der Waals surface area contributed by atoms with Gasteiger partial charge in [0.15, 0.2) is 0 Å². The monoisotopic (exact) mass is 377 g/mol. The molecule has 2 nitrogen and oxygen atoms in total. The Labute approximate surface area is 158 Å². The van der Waals surface area contributed by atoms with E-state index in [0.29, 0.717) is 12.1 Å². The van der Waals surface area contributed by atoms with Crippen molar-refractivity contribution < 1.29 is 18.0 Å². The zero-order chi connectivity index (χ0) is 20.1. The van der Waals surface area contributed by atoms with Crippen LogP contribution in [0.15, 0.2) is 48.5 Å². The van der Waals surface area contributed by atoms with Gasteiger partial charge >= 0.3 is 6.18 Å². The molecule has 0 atom stereocenters. The summed E-state index contributed by atoms with van der Waals surface area (Å²) in [4.78, 5) is 12.1. The second kappa shape index (κ2) is 8.59. The first-order chi connectivity index (χ1) is 12.6. The fraction of sp³-hybridized carbons (Fsp3) is 0.409. The van der Waals surface area contributed by atoms with Crippen molar-refractivity contribution in [1.29, 1.82) is 0 Å². The predicted molar refractivity (Wildman–Crippen MR) is 101 cm³/mol. The Morgan fingerprint density at radius 3 is 2.22 bits per heavy atom. The first kappa shape index (κ1) is 21.0. The summed E-state index contributed by atoms with van der Waals surface area (Å²) in [5, 5.41) is 2.77. The Hall–Kier alpha value is -2.30. The van der Waals surface area contributed by atoms with E-state index >= 15 is 0 Å². The quantitative estimate of drug-likeness (QED) is 0.664. The lowest BCUT2D eigenvalue weighted by Gasteiger charge is -2.24. The molecule has 0 heterocycles. The van der Waals surface area contributed by atoms with E-state index in [1.807, 2.05) is 12.1 Å². The van der Waals surface area contributed by atoms with E-state index in [0.717, 1.165) is 30.5 Å². The third-order valence-electron chi connectivity index (χ3n) is 4.72. The van der Waals surface area contributed by atoms with Crippen molar-refractivity contribution in [3.8, 4) is 0 Å². The van der Waals surface area contributed by atoms with Crippen LogP contribution in [0.1, 0.15) is 55.9 Å². The van der Waals surface area contributed by atoms with Crippen LogP contribution in [0.3, 0.4) is 0 Å². The highest BCUT2D eigenvalue weighted by atomic mass is 19.4. The number of carbonyl (C=O) groups excluding carboxylic acids is 1. The Kier molecular flexibility index (Phi) is 6.68. The third kappa shape index (κ3) is 6.12. The zero-order valence-electron chi connectivity index (χ0n) is 16.0. The standard InChI is InChI=1S/C22H26F3NO/c1-4-12-21(2,3)18-10-8-16(9-11-18)15-26-20(27)14-17-6-5-7-19(13-17)22(23,24)25/h5-11,13H,4,12,14-15H2,1-3H3,(H,26,27). The van der Waals surface area contributed by atoms with Gasteiger partial charge in [0.25, 0.3) is 0 Å². The number of hydrogen-bond acceptors (Lipinski definition) is 1. The van der Waals surface area contributed by atoms with Gasteiger partial charge < -0.3 is 5.32 Å². The first-order valence-electron chi connectivity index (χ1n) is 9.14. The normalized spacial score (nSPS) is 12.1. The lowest BCUT2D eigenvalue weighted by molar-refractivity contribution is -0.137. The van der Waals surface area contributed by atoms with Gasteiger partial charge in [0.1, 0.15) is 0 Å². The largest absolute Gasteiger partial charge is 0.416 e. The molecule has 146 valence electrons. The maximum Gasteiger partial charge on any atom is 0.416 e. The van der Waals surface area contributed by atoms with Crippen molar-refractivity contribution in [3.05, 3.63) is 70.8 Å². The molecule has 0 aliphatic rings. The highest BCUT2D eigenvalue weighted by Gasteiger charge is 2.30. The molecule has 2 rings (SSSR count). The van der Waals surface area contributed by atoms with Crippen LogP contribution < -0.4 is 5.32 Å². The van der Waals surface area contributed by atoms with E-state index in [2.05, 4.69) is 38.2 Å². The lowest BCUT2D eigenvalue weighted by atomic mass is 9.80. The molecule has 27 heavy (non-hydrogen) atoms. The Balaban J connectivity index is 1.92. The topological polar surface area (TPSA) is 29.1 Å². The van der Waals surface area contributed by atoms with Crippen LogP contribution in [0.5, 0.6) is 0 Å². The predicted octanol–water partition coefficient (Wildman–Crippen LogP) is 5.64. The molecule has 1 N–H and O–H groups in total. The highest BCUT2D eigenvalue weighted by Crippen LogP contribution is 2.30. The molecule has 5 heteroatoms. The fourth-order valence-electron chi connectivity index (χ4n) is 3.15. The summed E-state index contributed by atoms with van der Waals surface area (Å²) in [7, 11) is 0. The van der Waals surface area contributed by atoms with Gasteiger partial charge in [-0.25, -0.2) is 0 Å². The van der Waals surface area contributed by atoms with Crippen LogP contribution in [0.2, 0.25) is 0 Å². The van der Waals surface area contributed by atoms with Gasteiger partial charge in [-0.3, -0.25) is 4.79 Å². The molecule has 2 aromatic carbocycles. The van der Waals surface area contributed by atoms with E-state index in [1.165, 1.54) is 17.7 Å². The second-order valence-corrected chi connectivity index (χ2v) is 7.48. The van der Waals surface area contributed by atoms with Gasteiger partial charge in [0.05, 0.1) is 12.0 Å². The minimum absolute atomic E-state index is 0.0778. The molecule has 0 saturated carbocycles. The molecule has 2 aromatic rings. The van der Waals surface area contributed by atoms with E-state index < -0.39 is 11.7 Å². The van der Waals surface area contributed by atoms with Gasteiger partial charge in [-0.05, 0) is 34.6 Å². The number of amides is 1. The van der Waals surface area contributed by atoms with Crippen LogP contribution in [-0.2, 0) is 29.4 Å². The van der Waals surface area contributed by atoms with Gasteiger partial charge in [0, 0.05) is 6.54 Å². The van der Waals surface area contributed by atoms with Gasteiger partial charge in [-0.1, -0.05) is 69.7 Å². The van der Waals surface area contributed by atoms with E-state index in [9.17, 15) is 18.0 Å². The van der Waals surface area contributed by atoms with Crippen molar-refractivity contribution in [3.63, 3.8) is 0 Å². The fourth-order valence-corrected chi connectivity index (χ4v) is 3.15. The van der Waals surface area contributed by atoms with Crippen LogP contribution in [-0.4, -0.2) is 5.91 Å². The number of rotatable bonds is 7. The smallest absolute Gasteiger partial charge is 0.352 e. The third-order valence-corrected chi connectivity index (χ3v) is 4.72. The maximum atomic E-state index is 12.7. The average Bonchev–Trinajstić information content (AvgIpc) is 2.60. The maximum absolute atomic E-state index is 12.7. The summed E-state index contributed by atoms with van der Waals surface area (Å²) in [6.45, 7) is 6.94. The zero-order valence-corrected chi connectivity index (χ0v) is 16.0. The summed E-state index contributed by atoms with van der Waals surface area (Å²) in [6.07, 6.45) is -2.27. The van der Waals surface area contributed by atoms with Crippen LogP contribution >= 0.6 is 0 Å². The van der Waals surface area contributed by atoms with Crippen molar-refractivity contribution in [1.82, 2.24) is 5.32 Å². The molecule has 0 radical (unpaired) electrons. The summed E-state index contributed by atoms with van der Waals surface area (Å²) >= 11 is 0. The molecular weight excluding hydrogens is 351 g/mol. The summed E-state index contributed by atoms with van der Waals surface area (Å²) in [5.74, 6) is -0.301. The summed E-state index contributed by atoms with van der Waals surface area (Å²) in [6, 6.07) is 13.0. The molecule has 0 bridgehead atoms. The van der Waals surface area contributed by atoms with Gasteiger partial charge in [-0.15, -0.1) is 0 Å². The van der Waals surface area contributed by atoms with E-state index in [4.69, 9.17) is 0 Å². The Morgan fingerprint density at radius 2 is 1.63 bits per heavy atom. The number of carbonyl (C=O) groups is 1. The minimum atomic E-state index is -4.40. The number of benzene rings is 2. The molecule has 0 aliphatic carbocycles. The molecule has 0 aliphatic heterocycles. The Bertz CT molecular complexity index is 764. The lowest BCUT2D eigenvalue weighted by Crippen LogP contribution is -2.25. The molecule has 0 spiro atoms. The number of nitrogens with one attached hydrogen (secondary N) is 1. The van der Waals surface area contributed by atoms with Gasteiger partial charge in [-0.2, -0.15) is 13.2 Å². The molecular formula is C22H26F3NO. The highest BCUT2D eigenvalue weighted by molar-refractivity contribution is 5.78. The Morgan fingerprint density at radius 1 is 0.963 bits per heavy atom. The van der Waals surface area contributed by atoms with Crippen molar-refractivity contribution in [2.75, 3.05) is 0 Å². The molecule has 0 fully saturated rings. The average molecular weight is 377 g/mol. The second-order valence-electron chi connectivity index (χ2n) is 7.48. The number of hydrogen-bond donors (Lipinski definition) is 1. The molecule has 1 amide bonds. The van der Waals surface area contributed by atoms with E-state index in [-0.39, 0.29) is 17.7 Å². The SMILES string of the molecule is CCCC(C)(C)c1ccc(CNC(=O)Cc2cccc(C(F)(F)F)c2)cc1. The van der Waals surface area contributed by atoms with Crippen molar-refractivity contribution in [2.24, 2.45) is 0 Å². The van der Waals surface area contributed by atoms with E-state index in [1.54, 1.807) is 0 Å². The van der Waals surface area contributed by atoms with Gasteiger partial charge in [0.2, 0.25) is 5.91 Å².